The van der Waals surface area contributed by atoms with E-state index in [1.165, 1.54) is 25.8 Å². The number of nitrogens with two attached hydrogens (primary N) is 1. The SMILES string of the molecule is COC1CCC(CN)(N(C)CC2CC2C)CC1. The monoisotopic (exact) mass is 240 g/mol. The van der Waals surface area contributed by atoms with E-state index in [1.807, 2.05) is 7.11 Å². The Bertz CT molecular complexity index is 249. The molecule has 0 spiro atoms. The number of hydrogen-bond acceptors (Lipinski definition) is 3. The van der Waals surface area contributed by atoms with Crippen molar-refractivity contribution >= 4 is 0 Å². The van der Waals surface area contributed by atoms with Gasteiger partial charge in [0, 0.05) is 25.7 Å². The van der Waals surface area contributed by atoms with E-state index in [9.17, 15) is 0 Å². The Morgan fingerprint density at radius 2 is 1.94 bits per heavy atom. The van der Waals surface area contributed by atoms with Crippen molar-refractivity contribution in [3.8, 4) is 0 Å². The van der Waals surface area contributed by atoms with Crippen molar-refractivity contribution in [2.24, 2.45) is 17.6 Å². The molecule has 0 aliphatic heterocycles. The van der Waals surface area contributed by atoms with Gasteiger partial charge in [-0.25, -0.2) is 0 Å². The van der Waals surface area contributed by atoms with E-state index in [1.54, 1.807) is 0 Å². The molecule has 2 rings (SSSR count). The summed E-state index contributed by atoms with van der Waals surface area (Å²) in [6, 6.07) is 0. The number of methoxy groups -OCH3 is 1. The van der Waals surface area contributed by atoms with Crippen LogP contribution in [0.5, 0.6) is 0 Å². The molecule has 0 radical (unpaired) electrons. The van der Waals surface area contributed by atoms with Gasteiger partial charge in [-0.3, -0.25) is 4.90 Å². The normalized spacial score (nSPS) is 41.8. The van der Waals surface area contributed by atoms with Gasteiger partial charge in [0.1, 0.15) is 0 Å². The lowest BCUT2D eigenvalue weighted by atomic mass is 9.79. The van der Waals surface area contributed by atoms with Crippen LogP contribution in [0.4, 0.5) is 0 Å². The lowest BCUT2D eigenvalue weighted by Gasteiger charge is -2.46. The first-order valence-corrected chi connectivity index (χ1v) is 7.05. The zero-order valence-corrected chi connectivity index (χ0v) is 11.6. The van der Waals surface area contributed by atoms with Crippen molar-refractivity contribution in [2.75, 3.05) is 27.2 Å². The van der Waals surface area contributed by atoms with Crippen LogP contribution in [0.3, 0.4) is 0 Å². The second-order valence-corrected chi connectivity index (χ2v) is 6.22. The summed E-state index contributed by atoms with van der Waals surface area (Å²) in [6.45, 7) is 4.38. The lowest BCUT2D eigenvalue weighted by Crippen LogP contribution is -2.55. The second-order valence-electron chi connectivity index (χ2n) is 6.22. The molecule has 2 unspecified atom stereocenters. The summed E-state index contributed by atoms with van der Waals surface area (Å²) < 4.78 is 5.46. The van der Waals surface area contributed by atoms with Crippen LogP contribution in [0.15, 0.2) is 0 Å². The molecule has 0 heterocycles. The van der Waals surface area contributed by atoms with Gasteiger partial charge in [0.15, 0.2) is 0 Å². The van der Waals surface area contributed by atoms with Gasteiger partial charge < -0.3 is 10.5 Å². The van der Waals surface area contributed by atoms with Crippen LogP contribution < -0.4 is 5.73 Å². The number of ether oxygens (including phenoxy) is 1. The van der Waals surface area contributed by atoms with Crippen LogP contribution >= 0.6 is 0 Å². The van der Waals surface area contributed by atoms with Crippen molar-refractivity contribution in [3.05, 3.63) is 0 Å². The maximum Gasteiger partial charge on any atom is 0.0572 e. The third-order valence-electron chi connectivity index (χ3n) is 5.17. The zero-order chi connectivity index (χ0) is 12.5. The Kier molecular flexibility index (Phi) is 4.11. The summed E-state index contributed by atoms with van der Waals surface area (Å²) in [5.41, 5.74) is 6.32. The van der Waals surface area contributed by atoms with Crippen LogP contribution in [0, 0.1) is 11.8 Å². The Hall–Kier alpha value is -0.120. The summed E-state index contributed by atoms with van der Waals surface area (Å²) in [7, 11) is 4.10. The molecular weight excluding hydrogens is 212 g/mol. The summed E-state index contributed by atoms with van der Waals surface area (Å²) in [6.07, 6.45) is 6.59. The van der Waals surface area contributed by atoms with Gasteiger partial charge >= 0.3 is 0 Å². The van der Waals surface area contributed by atoms with E-state index in [-0.39, 0.29) is 5.54 Å². The van der Waals surface area contributed by atoms with Crippen molar-refractivity contribution in [1.82, 2.24) is 4.90 Å². The van der Waals surface area contributed by atoms with Crippen LogP contribution in [-0.2, 0) is 4.74 Å². The number of nitrogens with zero attached hydrogens (tertiary/aromatic N) is 1. The van der Waals surface area contributed by atoms with E-state index in [0.29, 0.717) is 6.10 Å². The average Bonchev–Trinajstić information content (AvgIpc) is 3.04. The highest BCUT2D eigenvalue weighted by Crippen LogP contribution is 2.41. The molecule has 3 nitrogen and oxygen atoms in total. The fraction of sp³-hybridized carbons (Fsp3) is 1.00. The van der Waals surface area contributed by atoms with E-state index in [2.05, 4.69) is 18.9 Å². The summed E-state index contributed by atoms with van der Waals surface area (Å²) >= 11 is 0. The van der Waals surface area contributed by atoms with Crippen molar-refractivity contribution in [3.63, 3.8) is 0 Å². The topological polar surface area (TPSA) is 38.5 Å². The Morgan fingerprint density at radius 3 is 2.35 bits per heavy atom. The molecule has 0 amide bonds. The minimum Gasteiger partial charge on any atom is -0.381 e. The first-order valence-electron chi connectivity index (χ1n) is 7.05. The van der Waals surface area contributed by atoms with Crippen LogP contribution in [0.1, 0.15) is 39.0 Å². The predicted octanol–water partition coefficient (Wildman–Crippen LogP) is 1.86. The highest BCUT2D eigenvalue weighted by Gasteiger charge is 2.41. The van der Waals surface area contributed by atoms with Gasteiger partial charge in [-0.2, -0.15) is 0 Å². The van der Waals surface area contributed by atoms with E-state index in [4.69, 9.17) is 10.5 Å². The first kappa shape index (κ1) is 13.3. The molecule has 0 aromatic rings. The van der Waals surface area contributed by atoms with E-state index < -0.39 is 0 Å². The van der Waals surface area contributed by atoms with Gasteiger partial charge in [-0.1, -0.05) is 6.92 Å². The van der Waals surface area contributed by atoms with Gasteiger partial charge in [0.2, 0.25) is 0 Å². The molecule has 2 N–H and O–H groups in total. The fourth-order valence-electron chi connectivity index (χ4n) is 3.30. The standard InChI is InChI=1S/C14H28N2O/c1-11-8-12(11)9-16(2)14(10-15)6-4-13(17-3)5-7-14/h11-13H,4-10,15H2,1-3H3. The van der Waals surface area contributed by atoms with Crippen LogP contribution in [0.25, 0.3) is 0 Å². The third kappa shape index (κ3) is 2.83. The van der Waals surface area contributed by atoms with Gasteiger partial charge in [0.25, 0.3) is 0 Å². The summed E-state index contributed by atoms with van der Waals surface area (Å²) in [5, 5.41) is 0. The van der Waals surface area contributed by atoms with Gasteiger partial charge in [-0.05, 0) is 51.0 Å². The number of rotatable bonds is 5. The lowest BCUT2D eigenvalue weighted by molar-refractivity contribution is 0.00156. The minimum atomic E-state index is 0.247. The fourth-order valence-corrected chi connectivity index (χ4v) is 3.30. The van der Waals surface area contributed by atoms with Crippen molar-refractivity contribution < 1.29 is 4.74 Å². The Labute approximate surface area is 106 Å². The summed E-state index contributed by atoms with van der Waals surface area (Å²) in [5.74, 6) is 1.85. The Balaban J connectivity index is 1.90. The molecule has 2 fully saturated rings. The molecule has 0 aromatic heterocycles. The highest BCUT2D eigenvalue weighted by atomic mass is 16.5. The quantitative estimate of drug-likeness (QED) is 0.797. The summed E-state index contributed by atoms with van der Waals surface area (Å²) in [4.78, 5) is 2.55. The second kappa shape index (κ2) is 5.25. The smallest absolute Gasteiger partial charge is 0.0572 e. The highest BCUT2D eigenvalue weighted by molar-refractivity contribution is 4.97. The third-order valence-corrected chi connectivity index (χ3v) is 5.17. The zero-order valence-electron chi connectivity index (χ0n) is 11.6. The van der Waals surface area contributed by atoms with Crippen molar-refractivity contribution in [1.29, 1.82) is 0 Å². The molecule has 2 aliphatic carbocycles. The predicted molar refractivity (Wildman–Crippen MR) is 71.0 cm³/mol. The molecule has 0 bridgehead atoms. The molecule has 17 heavy (non-hydrogen) atoms. The maximum absolute atomic E-state index is 6.07. The van der Waals surface area contributed by atoms with E-state index >= 15 is 0 Å². The molecular formula is C14H28N2O. The van der Waals surface area contributed by atoms with Gasteiger partial charge in [-0.15, -0.1) is 0 Å². The molecule has 0 saturated heterocycles. The molecule has 2 aliphatic rings. The minimum absolute atomic E-state index is 0.247. The van der Waals surface area contributed by atoms with Crippen LogP contribution in [-0.4, -0.2) is 43.8 Å². The number of likely N-dealkylation sites (N-methyl/N-ethyl adjacent to an activating group) is 1. The maximum atomic E-state index is 6.07. The van der Waals surface area contributed by atoms with Crippen LogP contribution in [0.2, 0.25) is 0 Å². The van der Waals surface area contributed by atoms with Crippen molar-refractivity contribution in [2.45, 2.75) is 50.7 Å². The average molecular weight is 240 g/mol. The molecule has 3 heteroatoms. The number of hydrogen-bond donors (Lipinski definition) is 1. The van der Waals surface area contributed by atoms with E-state index in [0.717, 1.165) is 31.2 Å². The Morgan fingerprint density at radius 1 is 1.35 bits per heavy atom. The largest absolute Gasteiger partial charge is 0.381 e. The molecule has 0 aromatic carbocycles. The first-order chi connectivity index (χ1) is 8.11. The molecule has 100 valence electrons. The molecule has 2 atom stereocenters. The molecule has 2 saturated carbocycles. The van der Waals surface area contributed by atoms with Gasteiger partial charge in [0.05, 0.1) is 6.10 Å².